The molecule has 0 aliphatic heterocycles. The average molecular weight is 597 g/mol. The van der Waals surface area contributed by atoms with Crippen LogP contribution in [0.2, 0.25) is 0 Å². The van der Waals surface area contributed by atoms with E-state index >= 15 is 0 Å². The largest absolute Gasteiger partial charge is 0.508 e. The first kappa shape index (κ1) is 29.0. The van der Waals surface area contributed by atoms with Crippen LogP contribution < -0.4 is 0 Å². The predicted molar refractivity (Wildman–Crippen MR) is 165 cm³/mol. The van der Waals surface area contributed by atoms with Crippen molar-refractivity contribution in [2.24, 2.45) is 0 Å². The second kappa shape index (κ2) is 12.7. The van der Waals surface area contributed by atoms with Crippen LogP contribution in [0.5, 0.6) is 0 Å². The number of hydrogen-bond acceptors (Lipinski definition) is 9. The van der Waals surface area contributed by atoms with E-state index in [9.17, 15) is 4.79 Å². The lowest BCUT2D eigenvalue weighted by Gasteiger charge is -2.23. The maximum absolute atomic E-state index is 12.7. The Morgan fingerprint density at radius 1 is 0.750 bits per heavy atom. The topological polar surface area (TPSA) is 154 Å². The van der Waals surface area contributed by atoms with Gasteiger partial charge >= 0.3 is 6.16 Å². The molecule has 0 radical (unpaired) electrons. The fourth-order valence-corrected chi connectivity index (χ4v) is 5.67. The number of rotatable bonds is 12. The lowest BCUT2D eigenvalue weighted by Crippen LogP contribution is -2.25. The van der Waals surface area contributed by atoms with E-state index in [2.05, 4.69) is 53.9 Å². The van der Waals surface area contributed by atoms with Crippen molar-refractivity contribution >= 4 is 28.2 Å². The van der Waals surface area contributed by atoms with Crippen LogP contribution in [0, 0.1) is 0 Å². The van der Waals surface area contributed by atoms with Crippen molar-refractivity contribution in [1.29, 1.82) is 0 Å². The first-order valence-electron chi connectivity index (χ1n) is 15.0. The van der Waals surface area contributed by atoms with Crippen LogP contribution in [0.4, 0.5) is 4.79 Å². The van der Waals surface area contributed by atoms with Gasteiger partial charge in [0.2, 0.25) is 0 Å². The van der Waals surface area contributed by atoms with Crippen LogP contribution in [0.3, 0.4) is 0 Å². The molecule has 44 heavy (non-hydrogen) atoms. The minimum absolute atomic E-state index is 0.0356. The summed E-state index contributed by atoms with van der Waals surface area (Å²) in [7, 11) is 0. The highest BCUT2D eigenvalue weighted by Gasteiger charge is 2.23. The molecule has 4 atom stereocenters. The number of carbonyl (C=O) groups is 1. The van der Waals surface area contributed by atoms with Crippen molar-refractivity contribution in [3.63, 3.8) is 0 Å². The summed E-state index contributed by atoms with van der Waals surface area (Å²) in [5, 5.41) is 11.1. The minimum Gasteiger partial charge on any atom is -0.431 e. The fourth-order valence-electron chi connectivity index (χ4n) is 5.67. The normalized spacial score (nSPS) is 14.5. The second-order valence-electron chi connectivity index (χ2n) is 11.0. The highest BCUT2D eigenvalue weighted by Crippen LogP contribution is 2.29. The Morgan fingerprint density at radius 2 is 1.20 bits per heavy atom. The number of nitrogens with one attached hydrogen (secondary N) is 2. The highest BCUT2D eigenvalue weighted by atomic mass is 16.7. The third kappa shape index (κ3) is 6.03. The third-order valence-corrected chi connectivity index (χ3v) is 7.95. The molecule has 228 valence electrons. The molecule has 0 amide bonds. The van der Waals surface area contributed by atoms with Gasteiger partial charge in [-0.3, -0.25) is 9.36 Å². The molecule has 0 fully saturated rings. The predicted octanol–water partition coefficient (Wildman–Crippen LogP) is 6.27. The number of ether oxygens (including phenoxy) is 2. The molecule has 4 unspecified atom stereocenters. The Hall–Kier alpha value is -5.07. The van der Waals surface area contributed by atoms with Gasteiger partial charge in [0.25, 0.3) is 0 Å². The Bertz CT molecular complexity index is 1720. The monoisotopic (exact) mass is 596 g/mol. The van der Waals surface area contributed by atoms with Gasteiger partial charge in [-0.15, -0.1) is 0 Å². The molecule has 13 nitrogen and oxygen atoms in total. The van der Waals surface area contributed by atoms with Crippen LogP contribution in [-0.2, 0) is 9.47 Å². The summed E-state index contributed by atoms with van der Waals surface area (Å²) in [4.78, 5) is 36.4. The van der Waals surface area contributed by atoms with E-state index in [-0.39, 0.29) is 24.3 Å². The SMILES string of the molecule is CCC(CC(C)OC(=O)OC(C)CC(CC)n1cc(-c2ncnc3[nH]ccc23)cn1)n1cc(-c2ncnc3[nH]ccc23)cn1. The van der Waals surface area contributed by atoms with Gasteiger partial charge in [-0.1, -0.05) is 13.8 Å². The minimum atomic E-state index is -0.677. The molecule has 13 heteroatoms. The van der Waals surface area contributed by atoms with Crippen LogP contribution in [-0.4, -0.2) is 67.8 Å². The molecule has 0 bridgehead atoms. The molecule has 0 aromatic carbocycles. The number of hydrogen-bond donors (Lipinski definition) is 2. The van der Waals surface area contributed by atoms with Crippen molar-refractivity contribution in [1.82, 2.24) is 49.5 Å². The Kier molecular flexibility index (Phi) is 8.35. The summed E-state index contributed by atoms with van der Waals surface area (Å²) in [6, 6.07) is 3.98. The molecule has 2 N–H and O–H groups in total. The zero-order valence-electron chi connectivity index (χ0n) is 25.2. The van der Waals surface area contributed by atoms with Gasteiger partial charge in [-0.2, -0.15) is 10.2 Å². The molecule has 6 aromatic rings. The molecule has 0 aliphatic carbocycles. The number of H-pyrrole nitrogens is 2. The van der Waals surface area contributed by atoms with Crippen molar-refractivity contribution in [3.05, 3.63) is 62.0 Å². The number of carbonyl (C=O) groups excluding carboxylic acids is 1. The number of aromatic nitrogens is 10. The summed E-state index contributed by atoms with van der Waals surface area (Å²) in [6.45, 7) is 7.93. The van der Waals surface area contributed by atoms with Crippen LogP contribution >= 0.6 is 0 Å². The number of nitrogens with zero attached hydrogens (tertiary/aromatic N) is 8. The second-order valence-corrected chi connectivity index (χ2v) is 11.0. The van der Waals surface area contributed by atoms with E-state index < -0.39 is 6.16 Å². The van der Waals surface area contributed by atoms with E-state index in [0.717, 1.165) is 57.4 Å². The van der Waals surface area contributed by atoms with Gasteiger partial charge in [0.1, 0.15) is 36.2 Å². The summed E-state index contributed by atoms with van der Waals surface area (Å²) in [6.07, 6.45) is 15.8. The summed E-state index contributed by atoms with van der Waals surface area (Å²) in [5.74, 6) is 0. The van der Waals surface area contributed by atoms with Gasteiger partial charge in [-0.05, 0) is 38.8 Å². The molecule has 6 heterocycles. The lowest BCUT2D eigenvalue weighted by molar-refractivity contribution is -0.00375. The molecule has 0 spiro atoms. The molecular formula is C31H36N10O3. The maximum Gasteiger partial charge on any atom is 0.508 e. The Balaban J connectivity index is 1.03. The fraction of sp³-hybridized carbons (Fsp3) is 0.387. The van der Waals surface area contributed by atoms with Gasteiger partial charge in [0.15, 0.2) is 0 Å². The number of aromatic amines is 2. The van der Waals surface area contributed by atoms with Crippen LogP contribution in [0.15, 0.2) is 62.0 Å². The van der Waals surface area contributed by atoms with E-state index in [1.54, 1.807) is 25.0 Å². The zero-order valence-corrected chi connectivity index (χ0v) is 25.2. The zero-order chi connectivity index (χ0) is 30.6. The first-order valence-corrected chi connectivity index (χ1v) is 15.0. The van der Waals surface area contributed by atoms with Gasteiger partial charge < -0.3 is 19.4 Å². The van der Waals surface area contributed by atoms with Crippen molar-refractivity contribution < 1.29 is 14.3 Å². The van der Waals surface area contributed by atoms with Crippen molar-refractivity contribution in [2.45, 2.75) is 77.7 Å². The summed E-state index contributed by atoms with van der Waals surface area (Å²) in [5.41, 5.74) is 5.02. The van der Waals surface area contributed by atoms with Crippen LogP contribution in [0.1, 0.15) is 65.5 Å². The molecule has 6 rings (SSSR count). The molecular weight excluding hydrogens is 560 g/mol. The Labute approximate surface area is 254 Å². The van der Waals surface area contributed by atoms with Crippen molar-refractivity contribution in [2.75, 3.05) is 0 Å². The first-order chi connectivity index (χ1) is 21.4. The maximum atomic E-state index is 12.7. The molecule has 0 aliphatic rings. The lowest BCUT2D eigenvalue weighted by atomic mass is 10.1. The quantitative estimate of drug-likeness (QED) is 0.156. The van der Waals surface area contributed by atoms with E-state index in [0.29, 0.717) is 12.8 Å². The summed E-state index contributed by atoms with van der Waals surface area (Å²) < 4.78 is 15.2. The molecule has 0 saturated carbocycles. The van der Waals surface area contributed by atoms with Crippen LogP contribution in [0.25, 0.3) is 44.6 Å². The molecule has 0 saturated heterocycles. The highest BCUT2D eigenvalue weighted by molar-refractivity contribution is 5.90. The van der Waals surface area contributed by atoms with Gasteiger partial charge in [0, 0.05) is 59.5 Å². The number of fused-ring (bicyclic) bond motifs is 2. The van der Waals surface area contributed by atoms with Gasteiger partial charge in [-0.25, -0.2) is 24.7 Å². The van der Waals surface area contributed by atoms with Crippen molar-refractivity contribution in [3.8, 4) is 22.5 Å². The van der Waals surface area contributed by atoms with Gasteiger partial charge in [0.05, 0.1) is 35.9 Å². The Morgan fingerprint density at radius 3 is 1.64 bits per heavy atom. The molecule has 6 aromatic heterocycles. The van der Waals surface area contributed by atoms with E-state index in [1.807, 2.05) is 60.1 Å². The van der Waals surface area contributed by atoms with E-state index in [4.69, 9.17) is 9.47 Å². The smallest absolute Gasteiger partial charge is 0.431 e. The standard InChI is InChI=1S/C31H36N10O3/c1-5-23(40-15-21(13-38-40)27-25-7-9-32-29(25)36-17-34-27)11-19(3)43-31(42)44-20(4)12-24(6-2)41-16-22(14-39-41)28-26-8-10-33-30(26)37-18-35-28/h7-10,13-20,23-24H,5-6,11-12H2,1-4H3,(H,32,34,36)(H,33,35,37). The third-order valence-electron chi connectivity index (χ3n) is 7.95. The van der Waals surface area contributed by atoms with E-state index in [1.165, 1.54) is 0 Å². The summed E-state index contributed by atoms with van der Waals surface area (Å²) >= 11 is 0. The average Bonchev–Trinajstić information content (AvgIpc) is 3.84.